The number of fused-ring (bicyclic) bond motifs is 1. The SMILES string of the molecule is CN(CCOc1cccc2c1ccn2S(=O)O)C(=O)OC(C)(C)C. The fraction of sp³-hybridized carbons (Fsp3) is 0.438. The molecule has 0 fully saturated rings. The van der Waals surface area contributed by atoms with Crippen LogP contribution in [0, 0.1) is 0 Å². The molecule has 8 heteroatoms. The maximum Gasteiger partial charge on any atom is 0.410 e. The molecule has 7 nitrogen and oxygen atoms in total. The van der Waals surface area contributed by atoms with Gasteiger partial charge < -0.3 is 14.4 Å². The largest absolute Gasteiger partial charge is 0.491 e. The predicted octanol–water partition coefficient (Wildman–Crippen LogP) is 2.87. The Morgan fingerprint density at radius 2 is 2.04 bits per heavy atom. The van der Waals surface area contributed by atoms with Crippen LogP contribution in [-0.4, -0.2) is 49.5 Å². The molecule has 1 heterocycles. The van der Waals surface area contributed by atoms with Crippen molar-refractivity contribution < 1.29 is 23.0 Å². The van der Waals surface area contributed by atoms with E-state index < -0.39 is 23.0 Å². The van der Waals surface area contributed by atoms with Gasteiger partial charge in [-0.3, -0.25) is 4.55 Å². The quantitative estimate of drug-likeness (QED) is 0.835. The number of carbonyl (C=O) groups excluding carboxylic acids is 1. The summed E-state index contributed by atoms with van der Waals surface area (Å²) in [6.07, 6.45) is 1.12. The summed E-state index contributed by atoms with van der Waals surface area (Å²) in [6.45, 7) is 6.07. The minimum Gasteiger partial charge on any atom is -0.491 e. The Kier molecular flexibility index (Phi) is 5.51. The van der Waals surface area contributed by atoms with Gasteiger partial charge in [0.1, 0.15) is 18.0 Å². The Morgan fingerprint density at radius 3 is 2.67 bits per heavy atom. The molecule has 1 N–H and O–H groups in total. The second-order valence-corrected chi connectivity index (χ2v) is 7.17. The van der Waals surface area contributed by atoms with E-state index in [1.54, 1.807) is 31.3 Å². The highest BCUT2D eigenvalue weighted by molar-refractivity contribution is 7.77. The Hall–Kier alpha value is -2.06. The van der Waals surface area contributed by atoms with Gasteiger partial charge in [0.2, 0.25) is 0 Å². The molecule has 0 bridgehead atoms. The Morgan fingerprint density at radius 1 is 1.33 bits per heavy atom. The van der Waals surface area contributed by atoms with Gasteiger partial charge in [-0.2, -0.15) is 0 Å². The molecule has 0 aliphatic heterocycles. The number of likely N-dealkylation sites (N-methyl/N-ethyl adjacent to an activating group) is 1. The highest BCUT2D eigenvalue weighted by Crippen LogP contribution is 2.26. The summed E-state index contributed by atoms with van der Waals surface area (Å²) < 4.78 is 32.7. The van der Waals surface area contributed by atoms with Crippen LogP contribution >= 0.6 is 0 Å². The maximum absolute atomic E-state index is 11.9. The van der Waals surface area contributed by atoms with Gasteiger partial charge in [0, 0.05) is 18.6 Å². The summed E-state index contributed by atoms with van der Waals surface area (Å²) in [4.78, 5) is 13.3. The summed E-state index contributed by atoms with van der Waals surface area (Å²) in [7, 11) is 1.64. The van der Waals surface area contributed by atoms with Crippen molar-refractivity contribution in [3.63, 3.8) is 0 Å². The summed E-state index contributed by atoms with van der Waals surface area (Å²) in [5, 5.41) is 0.736. The molecule has 0 saturated carbocycles. The number of hydrogen-bond donors (Lipinski definition) is 1. The van der Waals surface area contributed by atoms with Crippen molar-refractivity contribution in [2.24, 2.45) is 0 Å². The summed E-state index contributed by atoms with van der Waals surface area (Å²) in [6, 6.07) is 6.98. The van der Waals surface area contributed by atoms with Crippen LogP contribution in [0.15, 0.2) is 30.5 Å². The van der Waals surface area contributed by atoms with Crippen molar-refractivity contribution in [3.8, 4) is 5.75 Å². The van der Waals surface area contributed by atoms with Crippen LogP contribution in [0.1, 0.15) is 20.8 Å². The number of benzene rings is 1. The molecule has 132 valence electrons. The summed E-state index contributed by atoms with van der Waals surface area (Å²) >= 11 is -2.12. The highest BCUT2D eigenvalue weighted by Gasteiger charge is 2.19. The molecule has 0 radical (unpaired) electrons. The molecule has 0 aliphatic carbocycles. The summed E-state index contributed by atoms with van der Waals surface area (Å²) in [5.41, 5.74) is 0.0644. The van der Waals surface area contributed by atoms with E-state index in [1.165, 1.54) is 15.1 Å². The first kappa shape index (κ1) is 18.3. The van der Waals surface area contributed by atoms with Crippen LogP contribution in [-0.2, 0) is 16.0 Å². The molecule has 1 aromatic heterocycles. The van der Waals surface area contributed by atoms with Gasteiger partial charge in [-0.15, -0.1) is 0 Å². The van der Waals surface area contributed by atoms with Crippen molar-refractivity contribution in [2.75, 3.05) is 20.2 Å². The number of amides is 1. The van der Waals surface area contributed by atoms with Crippen LogP contribution in [0.5, 0.6) is 5.75 Å². The first-order valence-electron chi connectivity index (χ1n) is 7.47. The van der Waals surface area contributed by atoms with Gasteiger partial charge in [0.15, 0.2) is 0 Å². The van der Waals surface area contributed by atoms with E-state index in [-0.39, 0.29) is 6.61 Å². The standard InChI is InChI=1S/C16H22N2O5S/c1-16(2,3)23-15(19)17(4)10-11-22-14-7-5-6-13-12(14)8-9-18(13)24(20)21/h5-9H,10-11H2,1-4H3,(H,20,21). The fourth-order valence-corrected chi connectivity index (χ4v) is 2.59. The third-order valence-corrected chi connectivity index (χ3v) is 3.87. The van der Waals surface area contributed by atoms with Crippen LogP contribution in [0.2, 0.25) is 0 Å². The van der Waals surface area contributed by atoms with Gasteiger partial charge in [-0.1, -0.05) is 6.07 Å². The zero-order valence-electron chi connectivity index (χ0n) is 14.2. The van der Waals surface area contributed by atoms with Crippen molar-refractivity contribution >= 4 is 28.3 Å². The normalized spacial score (nSPS) is 12.9. The molecule has 0 aliphatic rings. The number of hydrogen-bond acceptors (Lipinski definition) is 4. The molecule has 2 aromatic rings. The highest BCUT2D eigenvalue weighted by atomic mass is 32.2. The first-order valence-corrected chi connectivity index (χ1v) is 8.54. The second-order valence-electron chi connectivity index (χ2n) is 6.31. The fourth-order valence-electron chi connectivity index (χ4n) is 2.10. The molecule has 1 atom stereocenters. The molecule has 0 saturated heterocycles. The lowest BCUT2D eigenvalue weighted by molar-refractivity contribution is 0.0278. The number of carbonyl (C=O) groups is 1. The van der Waals surface area contributed by atoms with Gasteiger partial charge in [-0.05, 0) is 39.0 Å². The monoisotopic (exact) mass is 354 g/mol. The molecular weight excluding hydrogens is 332 g/mol. The molecule has 1 aromatic carbocycles. The van der Waals surface area contributed by atoms with E-state index >= 15 is 0 Å². The van der Waals surface area contributed by atoms with E-state index in [0.29, 0.717) is 17.8 Å². The number of nitrogens with zero attached hydrogens (tertiary/aromatic N) is 2. The van der Waals surface area contributed by atoms with Gasteiger partial charge >= 0.3 is 6.09 Å². The minimum atomic E-state index is -2.12. The average Bonchev–Trinajstić information content (AvgIpc) is 2.90. The number of rotatable bonds is 5. The summed E-state index contributed by atoms with van der Waals surface area (Å²) in [5.74, 6) is 0.592. The zero-order chi connectivity index (χ0) is 17.9. The van der Waals surface area contributed by atoms with E-state index in [1.807, 2.05) is 20.8 Å². The lowest BCUT2D eigenvalue weighted by atomic mass is 10.2. The predicted molar refractivity (Wildman–Crippen MR) is 92.5 cm³/mol. The van der Waals surface area contributed by atoms with Crippen LogP contribution < -0.4 is 4.74 Å². The smallest absolute Gasteiger partial charge is 0.410 e. The third-order valence-electron chi connectivity index (χ3n) is 3.21. The van der Waals surface area contributed by atoms with Crippen molar-refractivity contribution in [3.05, 3.63) is 30.5 Å². The van der Waals surface area contributed by atoms with Gasteiger partial charge in [0.05, 0.1) is 12.1 Å². The number of ether oxygens (including phenoxy) is 2. The van der Waals surface area contributed by atoms with Gasteiger partial charge in [-0.25, -0.2) is 13.0 Å². The molecule has 2 rings (SSSR count). The van der Waals surface area contributed by atoms with Crippen LogP contribution in [0.3, 0.4) is 0 Å². The van der Waals surface area contributed by atoms with E-state index in [9.17, 15) is 13.6 Å². The van der Waals surface area contributed by atoms with E-state index in [0.717, 1.165) is 5.39 Å². The Bertz CT molecular complexity index is 750. The zero-order valence-corrected chi connectivity index (χ0v) is 15.0. The lowest BCUT2D eigenvalue weighted by Crippen LogP contribution is -2.36. The molecule has 0 spiro atoms. The first-order chi connectivity index (χ1) is 11.2. The minimum absolute atomic E-state index is 0.280. The van der Waals surface area contributed by atoms with Crippen LogP contribution in [0.4, 0.5) is 4.79 Å². The van der Waals surface area contributed by atoms with Gasteiger partial charge in [0.25, 0.3) is 11.3 Å². The van der Waals surface area contributed by atoms with Crippen molar-refractivity contribution in [2.45, 2.75) is 26.4 Å². The second kappa shape index (κ2) is 7.23. The third kappa shape index (κ3) is 4.48. The molecule has 1 amide bonds. The van der Waals surface area contributed by atoms with E-state index in [2.05, 4.69) is 0 Å². The molecule has 1 unspecified atom stereocenters. The maximum atomic E-state index is 11.9. The Labute approximate surface area is 143 Å². The molecular formula is C16H22N2O5S. The average molecular weight is 354 g/mol. The number of aromatic nitrogens is 1. The topological polar surface area (TPSA) is 81.0 Å². The Balaban J connectivity index is 1.99. The lowest BCUT2D eigenvalue weighted by Gasteiger charge is -2.24. The molecule has 24 heavy (non-hydrogen) atoms. The van der Waals surface area contributed by atoms with E-state index in [4.69, 9.17) is 9.47 Å². The van der Waals surface area contributed by atoms with Crippen LogP contribution in [0.25, 0.3) is 10.9 Å². The van der Waals surface area contributed by atoms with Crippen molar-refractivity contribution in [1.29, 1.82) is 0 Å². The van der Waals surface area contributed by atoms with Crippen molar-refractivity contribution in [1.82, 2.24) is 8.87 Å².